The van der Waals surface area contributed by atoms with E-state index in [-0.39, 0.29) is 0 Å². The molecular weight excluding hydrogens is 284 g/mol. The van der Waals surface area contributed by atoms with Crippen LogP contribution in [0.3, 0.4) is 0 Å². The van der Waals surface area contributed by atoms with Crippen LogP contribution in [-0.4, -0.2) is 33.7 Å². The summed E-state index contributed by atoms with van der Waals surface area (Å²) in [5, 5.41) is 12.1. The number of aryl methyl sites for hydroxylation is 1. The van der Waals surface area contributed by atoms with E-state index in [9.17, 15) is 5.11 Å². The van der Waals surface area contributed by atoms with E-state index < -0.39 is 5.60 Å². The van der Waals surface area contributed by atoms with Crippen LogP contribution < -0.4 is 0 Å². The quantitative estimate of drug-likeness (QED) is 0.885. The van der Waals surface area contributed by atoms with Gasteiger partial charge in [0.1, 0.15) is 5.15 Å². The van der Waals surface area contributed by atoms with Crippen LogP contribution in [-0.2, 0) is 6.54 Å². The molecule has 0 unspecified atom stereocenters. The molecule has 4 rings (SSSR count). The van der Waals surface area contributed by atoms with Crippen molar-refractivity contribution in [1.29, 1.82) is 0 Å². The number of β-amino-alcohol motifs (C(OH)–C–C–N with tert-alkyl or cyclic N) is 1. The molecule has 0 radical (unpaired) electrons. The maximum absolute atomic E-state index is 10.4. The Morgan fingerprint density at radius 1 is 1.33 bits per heavy atom. The lowest BCUT2D eigenvalue weighted by Gasteiger charge is -2.47. The fourth-order valence-corrected chi connectivity index (χ4v) is 3.57. The predicted octanol–water partition coefficient (Wildman–Crippen LogP) is 3.15. The number of hydrogen-bond donors (Lipinski definition) is 1. The fourth-order valence-electron chi connectivity index (χ4n) is 3.37. The van der Waals surface area contributed by atoms with E-state index in [1.54, 1.807) is 0 Å². The summed E-state index contributed by atoms with van der Waals surface area (Å²) in [5.41, 5.74) is 2.75. The summed E-state index contributed by atoms with van der Waals surface area (Å²) in [6.45, 7) is 4.35. The van der Waals surface area contributed by atoms with E-state index in [0.29, 0.717) is 11.1 Å². The second kappa shape index (κ2) is 4.67. The van der Waals surface area contributed by atoms with Gasteiger partial charge in [-0.15, -0.1) is 0 Å². The number of likely N-dealkylation sites (tertiary alicyclic amines) is 1. The van der Waals surface area contributed by atoms with Crippen LogP contribution in [0.25, 0.3) is 10.9 Å². The number of rotatable bonds is 3. The fraction of sp³-hybridized carbons (Fsp3) is 0.471. The molecule has 3 nitrogen and oxygen atoms in total. The number of benzene rings is 1. The van der Waals surface area contributed by atoms with Gasteiger partial charge >= 0.3 is 0 Å². The van der Waals surface area contributed by atoms with Crippen LogP contribution in [0.4, 0.5) is 0 Å². The maximum atomic E-state index is 10.4. The average Bonchev–Trinajstić information content (AvgIpc) is 3.22. The lowest BCUT2D eigenvalue weighted by atomic mass is 9.88. The smallest absolute Gasteiger partial charge is 0.134 e. The molecule has 2 aromatic rings. The molecule has 2 aliphatic rings. The molecule has 1 aliphatic carbocycles. The van der Waals surface area contributed by atoms with Gasteiger partial charge in [-0.05, 0) is 43.4 Å². The molecule has 110 valence electrons. The molecule has 1 aromatic carbocycles. The molecule has 21 heavy (non-hydrogen) atoms. The molecule has 0 atom stereocenters. The highest BCUT2D eigenvalue weighted by Gasteiger charge is 2.51. The molecule has 1 N–H and O–H groups in total. The minimum absolute atomic E-state index is 0.437. The lowest BCUT2D eigenvalue weighted by Crippen LogP contribution is -2.62. The summed E-state index contributed by atoms with van der Waals surface area (Å²) in [7, 11) is 0. The van der Waals surface area contributed by atoms with E-state index >= 15 is 0 Å². The van der Waals surface area contributed by atoms with Gasteiger partial charge in [-0.3, -0.25) is 4.90 Å². The van der Waals surface area contributed by atoms with Gasteiger partial charge in [-0.25, -0.2) is 4.98 Å². The van der Waals surface area contributed by atoms with Gasteiger partial charge in [0.05, 0.1) is 11.1 Å². The Bertz CT molecular complexity index is 705. The third kappa shape index (κ3) is 2.44. The van der Waals surface area contributed by atoms with Crippen molar-refractivity contribution in [3.63, 3.8) is 0 Å². The molecule has 1 aliphatic heterocycles. The second-order valence-corrected chi connectivity index (χ2v) is 7.02. The highest BCUT2D eigenvalue weighted by molar-refractivity contribution is 6.30. The first-order valence-corrected chi connectivity index (χ1v) is 7.92. The van der Waals surface area contributed by atoms with Gasteiger partial charge in [0.15, 0.2) is 0 Å². The monoisotopic (exact) mass is 302 g/mol. The van der Waals surface area contributed by atoms with Gasteiger partial charge in [0.2, 0.25) is 0 Å². The van der Waals surface area contributed by atoms with Crippen LogP contribution in [0.5, 0.6) is 0 Å². The summed E-state index contributed by atoms with van der Waals surface area (Å²) in [6, 6.07) is 8.37. The Kier molecular flexibility index (Phi) is 3.00. The topological polar surface area (TPSA) is 36.4 Å². The van der Waals surface area contributed by atoms with Crippen molar-refractivity contribution in [2.24, 2.45) is 5.92 Å². The zero-order valence-electron chi connectivity index (χ0n) is 12.1. The van der Waals surface area contributed by atoms with Crippen molar-refractivity contribution in [2.75, 3.05) is 13.1 Å². The van der Waals surface area contributed by atoms with E-state index in [0.717, 1.165) is 36.1 Å². The SMILES string of the molecule is Cc1ccc2cc(CN3CC(O)(C4CC4)C3)c(Cl)nc2c1. The van der Waals surface area contributed by atoms with Crippen molar-refractivity contribution < 1.29 is 5.11 Å². The van der Waals surface area contributed by atoms with Gasteiger partial charge < -0.3 is 5.11 Å². The molecule has 4 heteroatoms. The number of hydrogen-bond acceptors (Lipinski definition) is 3. The number of nitrogens with zero attached hydrogens (tertiary/aromatic N) is 2. The van der Waals surface area contributed by atoms with Crippen molar-refractivity contribution in [3.8, 4) is 0 Å². The van der Waals surface area contributed by atoms with Crippen molar-refractivity contribution in [1.82, 2.24) is 9.88 Å². The van der Waals surface area contributed by atoms with Crippen LogP contribution in [0.1, 0.15) is 24.0 Å². The van der Waals surface area contributed by atoms with Crippen LogP contribution in [0.2, 0.25) is 5.15 Å². The molecular formula is C17H19ClN2O. The Hall–Kier alpha value is -1.16. The van der Waals surface area contributed by atoms with Gasteiger partial charge in [-0.2, -0.15) is 0 Å². The molecule has 2 heterocycles. The van der Waals surface area contributed by atoms with Crippen molar-refractivity contribution in [3.05, 3.63) is 40.5 Å². The van der Waals surface area contributed by atoms with Crippen LogP contribution >= 0.6 is 11.6 Å². The first kappa shape index (κ1) is 13.5. The normalized spacial score (nSPS) is 21.5. The van der Waals surface area contributed by atoms with Gasteiger partial charge in [0, 0.05) is 30.6 Å². The Morgan fingerprint density at radius 2 is 2.10 bits per heavy atom. The Balaban J connectivity index is 1.54. The zero-order valence-corrected chi connectivity index (χ0v) is 12.9. The molecule has 1 saturated heterocycles. The van der Waals surface area contributed by atoms with Crippen molar-refractivity contribution >= 4 is 22.5 Å². The summed E-state index contributed by atoms with van der Waals surface area (Å²) in [6.07, 6.45) is 2.37. The standard InChI is InChI=1S/C17H19ClN2O/c1-11-2-3-12-7-13(16(18)19-15(12)6-11)8-20-9-17(21,10-20)14-4-5-14/h2-3,6-7,14,21H,4-5,8-10H2,1H3. The molecule has 0 amide bonds. The molecule has 0 bridgehead atoms. The molecule has 1 saturated carbocycles. The highest BCUT2D eigenvalue weighted by Crippen LogP contribution is 2.45. The van der Waals surface area contributed by atoms with E-state index in [1.165, 1.54) is 18.4 Å². The molecule has 1 aromatic heterocycles. The second-order valence-electron chi connectivity index (χ2n) is 6.66. The van der Waals surface area contributed by atoms with Gasteiger partial charge in [-0.1, -0.05) is 23.7 Å². The summed E-state index contributed by atoms with van der Waals surface area (Å²) >= 11 is 6.33. The number of halogens is 1. The first-order chi connectivity index (χ1) is 10.0. The van der Waals surface area contributed by atoms with Crippen LogP contribution in [0, 0.1) is 12.8 Å². The van der Waals surface area contributed by atoms with E-state index in [1.807, 2.05) is 0 Å². The van der Waals surface area contributed by atoms with Crippen molar-refractivity contribution in [2.45, 2.75) is 31.9 Å². The molecule has 0 spiro atoms. The third-order valence-corrected chi connectivity index (χ3v) is 5.05. The third-order valence-electron chi connectivity index (χ3n) is 4.73. The van der Waals surface area contributed by atoms with Gasteiger partial charge in [0.25, 0.3) is 0 Å². The summed E-state index contributed by atoms with van der Waals surface area (Å²) in [5.74, 6) is 0.530. The number of pyridine rings is 1. The molecule has 2 fully saturated rings. The number of aliphatic hydroxyl groups is 1. The predicted molar refractivity (Wildman–Crippen MR) is 84.4 cm³/mol. The Labute approximate surface area is 129 Å². The first-order valence-electron chi connectivity index (χ1n) is 7.54. The van der Waals surface area contributed by atoms with E-state index in [2.05, 4.69) is 41.1 Å². The average molecular weight is 303 g/mol. The Morgan fingerprint density at radius 3 is 2.81 bits per heavy atom. The van der Waals surface area contributed by atoms with E-state index in [4.69, 9.17) is 11.6 Å². The lowest BCUT2D eigenvalue weighted by molar-refractivity contribution is -0.116. The highest BCUT2D eigenvalue weighted by atomic mass is 35.5. The minimum Gasteiger partial charge on any atom is -0.387 e. The maximum Gasteiger partial charge on any atom is 0.134 e. The number of fused-ring (bicyclic) bond motifs is 1. The summed E-state index contributed by atoms with van der Waals surface area (Å²) in [4.78, 5) is 6.76. The zero-order chi connectivity index (χ0) is 14.6. The summed E-state index contributed by atoms with van der Waals surface area (Å²) < 4.78 is 0. The largest absolute Gasteiger partial charge is 0.387 e. The van der Waals surface area contributed by atoms with Crippen LogP contribution in [0.15, 0.2) is 24.3 Å². The number of aromatic nitrogens is 1. The minimum atomic E-state index is -0.437.